The molecule has 0 amide bonds. The number of nitrogen functional groups attached to an aromatic ring is 1. The van der Waals surface area contributed by atoms with Gasteiger partial charge in [0.25, 0.3) is 0 Å². The molecule has 0 fully saturated rings. The molecule has 6 heteroatoms. The van der Waals surface area contributed by atoms with Gasteiger partial charge in [-0.25, -0.2) is 14.8 Å². The van der Waals surface area contributed by atoms with E-state index >= 15 is 0 Å². The van der Waals surface area contributed by atoms with Crippen molar-refractivity contribution in [2.24, 2.45) is 0 Å². The summed E-state index contributed by atoms with van der Waals surface area (Å²) in [6.07, 6.45) is 5.41. The summed E-state index contributed by atoms with van der Waals surface area (Å²) in [4.78, 5) is 17.0. The Balaban J connectivity index is 1.87. The zero-order valence-corrected chi connectivity index (χ0v) is 15.7. The van der Waals surface area contributed by atoms with E-state index in [1.54, 1.807) is 12.3 Å². The van der Waals surface area contributed by atoms with Crippen LogP contribution >= 0.6 is 0 Å². The van der Waals surface area contributed by atoms with E-state index in [0.29, 0.717) is 22.8 Å². The normalized spacial score (nSPS) is 11.0. The van der Waals surface area contributed by atoms with Gasteiger partial charge >= 0.3 is 0 Å². The quantitative estimate of drug-likeness (QED) is 0.437. The molecule has 2 N–H and O–H groups in total. The molecule has 3 aromatic heterocycles. The number of hydrogen-bond donors (Lipinski definition) is 1. The lowest BCUT2D eigenvalue weighted by Gasteiger charge is -2.15. The molecular weight excluding hydrogens is 360 g/mol. The summed E-state index contributed by atoms with van der Waals surface area (Å²) >= 11 is 0. The monoisotopic (exact) mass is 376 g/mol. The maximum absolute atomic E-state index is 7.34. The van der Waals surface area contributed by atoms with Gasteiger partial charge in [-0.15, -0.1) is 0 Å². The van der Waals surface area contributed by atoms with Crippen molar-refractivity contribution in [2.45, 2.75) is 6.92 Å². The lowest BCUT2D eigenvalue weighted by molar-refractivity contribution is 1.14. The largest absolute Gasteiger partial charge is 0.381 e. The number of fused-ring (bicyclic) bond motifs is 2. The Labute approximate surface area is 167 Å². The number of imidazole rings is 1. The molecule has 0 aliphatic heterocycles. The minimum Gasteiger partial charge on any atom is -0.381 e. The minimum absolute atomic E-state index is 0.348. The Morgan fingerprint density at radius 2 is 1.90 bits per heavy atom. The van der Waals surface area contributed by atoms with Gasteiger partial charge in [-0.2, -0.15) is 0 Å². The van der Waals surface area contributed by atoms with Crippen molar-refractivity contribution in [1.82, 2.24) is 19.4 Å². The summed E-state index contributed by atoms with van der Waals surface area (Å²) in [6.45, 7) is 9.41. The van der Waals surface area contributed by atoms with Crippen molar-refractivity contribution < 1.29 is 0 Å². The highest BCUT2D eigenvalue weighted by molar-refractivity contribution is 5.91. The van der Waals surface area contributed by atoms with Gasteiger partial charge in [0.05, 0.1) is 23.5 Å². The highest BCUT2D eigenvalue weighted by atomic mass is 15.1. The van der Waals surface area contributed by atoms with Crippen LogP contribution in [0.15, 0.2) is 67.1 Å². The van der Waals surface area contributed by atoms with E-state index in [9.17, 15) is 0 Å². The van der Waals surface area contributed by atoms with Crippen LogP contribution in [0.1, 0.15) is 5.56 Å². The van der Waals surface area contributed by atoms with Gasteiger partial charge in [-0.05, 0) is 42.3 Å². The highest BCUT2D eigenvalue weighted by Gasteiger charge is 2.17. The molecule has 0 atom stereocenters. The second-order valence-corrected chi connectivity index (χ2v) is 6.84. The van der Waals surface area contributed by atoms with Crippen molar-refractivity contribution in [1.29, 1.82) is 0 Å². The van der Waals surface area contributed by atoms with Gasteiger partial charge in [0.2, 0.25) is 0 Å². The van der Waals surface area contributed by atoms with E-state index in [-0.39, 0.29) is 0 Å². The van der Waals surface area contributed by atoms with Crippen molar-refractivity contribution in [3.63, 3.8) is 0 Å². The van der Waals surface area contributed by atoms with E-state index in [0.717, 1.165) is 33.3 Å². The van der Waals surface area contributed by atoms with Crippen LogP contribution in [-0.4, -0.2) is 19.4 Å². The molecule has 29 heavy (non-hydrogen) atoms. The zero-order valence-electron chi connectivity index (χ0n) is 15.7. The fraction of sp³-hybridized carbons (Fsp3) is 0.0435. The molecule has 0 radical (unpaired) electrons. The molecule has 5 aromatic rings. The van der Waals surface area contributed by atoms with E-state index in [1.807, 2.05) is 53.2 Å². The first-order chi connectivity index (χ1) is 14.2. The predicted molar refractivity (Wildman–Crippen MR) is 115 cm³/mol. The van der Waals surface area contributed by atoms with Gasteiger partial charge in [0.15, 0.2) is 17.2 Å². The van der Waals surface area contributed by atoms with Crippen LogP contribution in [-0.2, 0) is 0 Å². The zero-order chi connectivity index (χ0) is 20.0. The molecule has 0 unspecified atom stereocenters. The van der Waals surface area contributed by atoms with Gasteiger partial charge < -0.3 is 5.73 Å². The van der Waals surface area contributed by atoms with Crippen LogP contribution < -0.4 is 5.73 Å². The molecule has 138 valence electrons. The van der Waals surface area contributed by atoms with Gasteiger partial charge in [0, 0.05) is 29.5 Å². The van der Waals surface area contributed by atoms with E-state index in [4.69, 9.17) is 12.3 Å². The molecule has 0 saturated carbocycles. The molecule has 0 spiro atoms. The average Bonchev–Trinajstić information content (AvgIpc) is 3.24. The van der Waals surface area contributed by atoms with Gasteiger partial charge in [-0.1, -0.05) is 24.3 Å². The number of nitrogens with two attached hydrogens (primary N) is 1. The Kier molecular flexibility index (Phi) is 3.75. The molecule has 3 heterocycles. The fourth-order valence-corrected chi connectivity index (χ4v) is 3.64. The SMILES string of the molecule is [C-]#[N+]c1cccc(-c2nc(N)c3nccn3c2-c2ccc3nccc(C)c3c2)c1. The lowest BCUT2D eigenvalue weighted by atomic mass is 10.0. The average molecular weight is 376 g/mol. The molecular formula is C23H16N6. The van der Waals surface area contributed by atoms with Crippen molar-refractivity contribution >= 4 is 28.1 Å². The molecule has 0 aliphatic carbocycles. The Hall–Kier alpha value is -4.24. The number of aromatic nitrogens is 4. The molecule has 0 saturated heterocycles. The molecule has 0 aliphatic rings. The number of anilines is 1. The first kappa shape index (κ1) is 16.9. The van der Waals surface area contributed by atoms with Gasteiger partial charge in [0.1, 0.15) is 0 Å². The summed E-state index contributed by atoms with van der Waals surface area (Å²) in [6, 6.07) is 15.6. The van der Waals surface area contributed by atoms with Crippen LogP contribution in [0.3, 0.4) is 0 Å². The Bertz CT molecular complexity index is 1440. The highest BCUT2D eigenvalue weighted by Crippen LogP contribution is 2.35. The lowest BCUT2D eigenvalue weighted by Crippen LogP contribution is -2.03. The third kappa shape index (κ3) is 2.68. The number of pyridine rings is 1. The van der Waals surface area contributed by atoms with E-state index in [2.05, 4.69) is 32.8 Å². The second-order valence-electron chi connectivity index (χ2n) is 6.84. The standard InChI is InChI=1S/C23H16N6/c1-14-8-9-26-19-7-6-16(13-18(14)19)21-20(15-4-3-5-17(12-15)25-2)28-22(24)23-27-10-11-29(21)23/h3-13H,1H3,(H2,24,28). The van der Waals surface area contributed by atoms with Crippen LogP contribution in [0, 0.1) is 13.5 Å². The van der Waals surface area contributed by atoms with E-state index in [1.165, 1.54) is 0 Å². The maximum atomic E-state index is 7.34. The Morgan fingerprint density at radius 1 is 1.00 bits per heavy atom. The Morgan fingerprint density at radius 3 is 2.76 bits per heavy atom. The number of hydrogen-bond acceptors (Lipinski definition) is 4. The number of benzene rings is 2. The van der Waals surface area contributed by atoms with E-state index < -0.39 is 0 Å². The smallest absolute Gasteiger partial charge is 0.187 e. The number of rotatable bonds is 2. The van der Waals surface area contributed by atoms with Crippen LogP contribution in [0.2, 0.25) is 0 Å². The molecule has 6 nitrogen and oxygen atoms in total. The minimum atomic E-state index is 0.348. The molecule has 5 rings (SSSR count). The summed E-state index contributed by atoms with van der Waals surface area (Å²) in [5, 5.41) is 1.08. The number of nitrogens with zero attached hydrogens (tertiary/aromatic N) is 5. The van der Waals surface area contributed by atoms with Gasteiger partial charge in [-0.3, -0.25) is 9.38 Å². The molecule has 2 aromatic carbocycles. The van der Waals surface area contributed by atoms with Crippen molar-refractivity contribution in [3.05, 3.63) is 84.1 Å². The van der Waals surface area contributed by atoms with Crippen LogP contribution in [0.5, 0.6) is 0 Å². The summed E-state index contributed by atoms with van der Waals surface area (Å²) in [5.41, 5.74) is 12.8. The first-order valence-corrected chi connectivity index (χ1v) is 9.12. The second kappa shape index (κ2) is 6.43. The van der Waals surface area contributed by atoms with Crippen LogP contribution in [0.25, 0.3) is 43.9 Å². The summed E-state index contributed by atoms with van der Waals surface area (Å²) in [5.74, 6) is 0.348. The van der Waals surface area contributed by atoms with Crippen molar-refractivity contribution in [2.75, 3.05) is 5.73 Å². The topological polar surface area (TPSA) is 73.5 Å². The number of aryl methyl sites for hydroxylation is 1. The van der Waals surface area contributed by atoms with Crippen LogP contribution in [0.4, 0.5) is 11.5 Å². The summed E-state index contributed by atoms with van der Waals surface area (Å²) < 4.78 is 1.95. The fourth-order valence-electron chi connectivity index (χ4n) is 3.64. The molecule has 0 bridgehead atoms. The third-order valence-electron chi connectivity index (χ3n) is 5.05. The summed E-state index contributed by atoms with van der Waals surface area (Å²) in [7, 11) is 0. The first-order valence-electron chi connectivity index (χ1n) is 9.12. The third-order valence-corrected chi connectivity index (χ3v) is 5.05. The van der Waals surface area contributed by atoms with Crippen molar-refractivity contribution in [3.8, 4) is 22.5 Å². The predicted octanol–water partition coefficient (Wildman–Crippen LogP) is 5.05. The maximum Gasteiger partial charge on any atom is 0.187 e.